The molecule has 1 aliphatic rings. The zero-order valence-corrected chi connectivity index (χ0v) is 18.8. The highest BCUT2D eigenvalue weighted by atomic mass is 19.2. The van der Waals surface area contributed by atoms with Crippen LogP contribution in [0.3, 0.4) is 0 Å². The minimum atomic E-state index is -0.955. The third-order valence-corrected chi connectivity index (χ3v) is 6.49. The maximum atomic E-state index is 13.5. The summed E-state index contributed by atoms with van der Waals surface area (Å²) in [5, 5.41) is 9.22. The lowest BCUT2D eigenvalue weighted by molar-refractivity contribution is 0.0929. The summed E-state index contributed by atoms with van der Waals surface area (Å²) in [6.45, 7) is 0. The fourth-order valence-corrected chi connectivity index (χ4v) is 4.70. The molecular formula is C26H21F2N5O2. The van der Waals surface area contributed by atoms with E-state index in [0.717, 1.165) is 58.6 Å². The van der Waals surface area contributed by atoms with Crippen molar-refractivity contribution in [3.05, 3.63) is 83.4 Å². The predicted octanol–water partition coefficient (Wildman–Crippen LogP) is 4.48. The van der Waals surface area contributed by atoms with Gasteiger partial charge in [-0.2, -0.15) is 5.10 Å². The Labute approximate surface area is 198 Å². The lowest BCUT2D eigenvalue weighted by atomic mass is 9.93. The molecule has 0 saturated heterocycles. The maximum Gasteiger partial charge on any atom is 0.267 e. The van der Waals surface area contributed by atoms with Crippen LogP contribution in [0, 0.1) is 11.6 Å². The van der Waals surface area contributed by atoms with Crippen molar-refractivity contribution in [3.63, 3.8) is 0 Å². The molecule has 0 bridgehead atoms. The summed E-state index contributed by atoms with van der Waals surface area (Å²) < 4.78 is 34.3. The first-order valence-electron chi connectivity index (χ1n) is 11.3. The molecular weight excluding hydrogens is 452 g/mol. The van der Waals surface area contributed by atoms with Crippen LogP contribution >= 0.6 is 0 Å². The Morgan fingerprint density at radius 3 is 2.89 bits per heavy atom. The fourth-order valence-electron chi connectivity index (χ4n) is 4.70. The summed E-state index contributed by atoms with van der Waals surface area (Å²) in [6, 6.07) is 11.2. The standard InChI is InChI=1S/C26H21F2N5O2/c1-35-17-3-5-22-18(11-17)25(6-7-29-22)33-13-15-8-16(2-4-21(15)32-33)30-26(34)24-10-14-9-19(27)20(28)12-23(14)31-24/h3,5-7,9-13,16,31H,2,4,8H2,1H3,(H,30,34). The number of benzene rings is 2. The van der Waals surface area contributed by atoms with Gasteiger partial charge in [-0.15, -0.1) is 0 Å². The number of amides is 1. The van der Waals surface area contributed by atoms with Gasteiger partial charge < -0.3 is 15.0 Å². The van der Waals surface area contributed by atoms with E-state index >= 15 is 0 Å². The Morgan fingerprint density at radius 1 is 1.17 bits per heavy atom. The highest BCUT2D eigenvalue weighted by Crippen LogP contribution is 2.28. The largest absolute Gasteiger partial charge is 0.497 e. The Balaban J connectivity index is 1.23. The van der Waals surface area contributed by atoms with Crippen LogP contribution in [0.1, 0.15) is 28.2 Å². The van der Waals surface area contributed by atoms with E-state index in [9.17, 15) is 13.6 Å². The van der Waals surface area contributed by atoms with E-state index < -0.39 is 11.6 Å². The lowest BCUT2D eigenvalue weighted by Crippen LogP contribution is -2.38. The average molecular weight is 473 g/mol. The lowest BCUT2D eigenvalue weighted by Gasteiger charge is -2.22. The second-order valence-electron chi connectivity index (χ2n) is 8.71. The van der Waals surface area contributed by atoms with E-state index in [1.807, 2.05) is 35.1 Å². The highest BCUT2D eigenvalue weighted by Gasteiger charge is 2.25. The number of hydrogen-bond donors (Lipinski definition) is 2. The highest BCUT2D eigenvalue weighted by molar-refractivity contribution is 5.98. The molecule has 2 N–H and O–H groups in total. The minimum absolute atomic E-state index is 0.0817. The Bertz CT molecular complexity index is 1570. The number of fused-ring (bicyclic) bond motifs is 3. The van der Waals surface area contributed by atoms with Crippen LogP contribution in [0.25, 0.3) is 27.5 Å². The number of H-pyrrole nitrogens is 1. The van der Waals surface area contributed by atoms with Crippen molar-refractivity contribution in [1.29, 1.82) is 0 Å². The molecule has 3 aromatic heterocycles. The molecule has 35 heavy (non-hydrogen) atoms. The maximum absolute atomic E-state index is 13.5. The quantitative estimate of drug-likeness (QED) is 0.403. The number of ether oxygens (including phenoxy) is 1. The number of nitrogens with zero attached hydrogens (tertiary/aromatic N) is 3. The Morgan fingerprint density at radius 2 is 2.03 bits per heavy atom. The van der Waals surface area contributed by atoms with Gasteiger partial charge in [0.1, 0.15) is 11.4 Å². The van der Waals surface area contributed by atoms with Crippen molar-refractivity contribution in [2.45, 2.75) is 25.3 Å². The number of carbonyl (C=O) groups excluding carboxylic acids is 1. The van der Waals surface area contributed by atoms with Crippen LogP contribution in [0.15, 0.2) is 54.9 Å². The number of carbonyl (C=O) groups is 1. The van der Waals surface area contributed by atoms with Crippen molar-refractivity contribution in [3.8, 4) is 11.4 Å². The van der Waals surface area contributed by atoms with Crippen molar-refractivity contribution < 1.29 is 18.3 Å². The third-order valence-electron chi connectivity index (χ3n) is 6.49. The number of aromatic amines is 1. The topological polar surface area (TPSA) is 84.8 Å². The van der Waals surface area contributed by atoms with Gasteiger partial charge in [-0.3, -0.25) is 9.78 Å². The van der Waals surface area contributed by atoms with E-state index in [0.29, 0.717) is 17.3 Å². The number of rotatable bonds is 4. The molecule has 0 radical (unpaired) electrons. The first-order valence-corrected chi connectivity index (χ1v) is 11.3. The minimum Gasteiger partial charge on any atom is -0.497 e. The number of hydrogen-bond acceptors (Lipinski definition) is 4. The second kappa shape index (κ2) is 8.19. The smallest absolute Gasteiger partial charge is 0.267 e. The molecule has 1 atom stereocenters. The van der Waals surface area contributed by atoms with E-state index in [1.165, 1.54) is 6.07 Å². The summed E-state index contributed by atoms with van der Waals surface area (Å²) in [6.07, 6.45) is 5.85. The zero-order chi connectivity index (χ0) is 24.1. The summed E-state index contributed by atoms with van der Waals surface area (Å²) >= 11 is 0. The van der Waals surface area contributed by atoms with Crippen molar-refractivity contribution in [2.24, 2.45) is 0 Å². The molecule has 0 spiro atoms. The predicted molar refractivity (Wildman–Crippen MR) is 127 cm³/mol. The molecule has 2 aromatic carbocycles. The molecule has 5 aromatic rings. The van der Waals surface area contributed by atoms with Gasteiger partial charge in [0.05, 0.1) is 24.0 Å². The first kappa shape index (κ1) is 21.3. The molecule has 9 heteroatoms. The van der Waals surface area contributed by atoms with Gasteiger partial charge in [0.2, 0.25) is 0 Å². The number of aromatic nitrogens is 4. The van der Waals surface area contributed by atoms with Gasteiger partial charge in [-0.25, -0.2) is 13.5 Å². The van der Waals surface area contributed by atoms with Gasteiger partial charge >= 0.3 is 0 Å². The van der Waals surface area contributed by atoms with Crippen LogP contribution in [0.5, 0.6) is 5.75 Å². The van der Waals surface area contributed by atoms with Gasteiger partial charge in [0, 0.05) is 40.8 Å². The second-order valence-corrected chi connectivity index (χ2v) is 8.71. The van der Waals surface area contributed by atoms with Crippen molar-refractivity contribution >= 4 is 27.7 Å². The van der Waals surface area contributed by atoms with Crippen molar-refractivity contribution in [1.82, 2.24) is 25.1 Å². The molecule has 1 aliphatic carbocycles. The van der Waals surface area contributed by atoms with E-state index in [2.05, 4.69) is 15.3 Å². The molecule has 176 valence electrons. The third kappa shape index (κ3) is 3.78. The fraction of sp³-hybridized carbons (Fsp3) is 0.192. The average Bonchev–Trinajstić information content (AvgIpc) is 3.47. The zero-order valence-electron chi connectivity index (χ0n) is 18.8. The van der Waals surface area contributed by atoms with Gasteiger partial charge in [0.15, 0.2) is 11.6 Å². The molecule has 0 saturated carbocycles. The van der Waals surface area contributed by atoms with Crippen LogP contribution in [0.2, 0.25) is 0 Å². The number of aryl methyl sites for hydroxylation is 1. The molecule has 3 heterocycles. The number of halogens is 2. The molecule has 1 unspecified atom stereocenters. The molecule has 0 aliphatic heterocycles. The molecule has 6 rings (SSSR count). The van der Waals surface area contributed by atoms with Crippen molar-refractivity contribution in [2.75, 3.05) is 7.11 Å². The Hall–Kier alpha value is -4.27. The Kier molecular flexibility index (Phi) is 4.98. The van der Waals surface area contributed by atoms with Crippen LogP contribution in [-0.4, -0.2) is 38.8 Å². The SMILES string of the molecule is COc1ccc2nccc(-n3cc4c(n3)CCC(NC(=O)c3cc5cc(F)c(F)cc5[nH]3)C4)c2c1. The monoisotopic (exact) mass is 473 g/mol. The van der Waals surface area contributed by atoms with E-state index in [4.69, 9.17) is 9.84 Å². The van der Waals surface area contributed by atoms with Gasteiger partial charge in [0.25, 0.3) is 5.91 Å². The van der Waals surface area contributed by atoms with Crippen LogP contribution in [0.4, 0.5) is 8.78 Å². The molecule has 7 nitrogen and oxygen atoms in total. The normalized spacial score (nSPS) is 15.3. The summed E-state index contributed by atoms with van der Waals surface area (Å²) in [7, 11) is 1.63. The molecule has 0 fully saturated rings. The summed E-state index contributed by atoms with van der Waals surface area (Å²) in [5.74, 6) is -1.46. The molecule has 1 amide bonds. The van der Waals surface area contributed by atoms with Gasteiger partial charge in [-0.05, 0) is 61.2 Å². The summed E-state index contributed by atoms with van der Waals surface area (Å²) in [5.41, 5.74) is 4.46. The van der Waals surface area contributed by atoms with Gasteiger partial charge in [-0.1, -0.05) is 0 Å². The van der Waals surface area contributed by atoms with E-state index in [-0.39, 0.29) is 17.6 Å². The van der Waals surface area contributed by atoms with Crippen LogP contribution < -0.4 is 10.1 Å². The summed E-state index contributed by atoms with van der Waals surface area (Å²) in [4.78, 5) is 20.1. The first-order chi connectivity index (χ1) is 17.0. The van der Waals surface area contributed by atoms with Crippen LogP contribution in [-0.2, 0) is 12.8 Å². The van der Waals surface area contributed by atoms with E-state index in [1.54, 1.807) is 13.3 Å². The number of methoxy groups -OCH3 is 1. The number of pyridine rings is 1. The number of nitrogens with one attached hydrogen (secondary N) is 2.